The Hall–Kier alpha value is -0.610. The highest BCUT2D eigenvalue weighted by Crippen LogP contribution is 2.19. The summed E-state index contributed by atoms with van der Waals surface area (Å²) in [6.45, 7) is 8.14. The van der Waals surface area contributed by atoms with Crippen LogP contribution in [0, 0.1) is 5.92 Å². The average molecular weight is 229 g/mol. The van der Waals surface area contributed by atoms with Crippen LogP contribution < -0.4 is 0 Å². The smallest absolute Gasteiger partial charge is 0.310 e. The summed E-state index contributed by atoms with van der Waals surface area (Å²) in [5.41, 5.74) is -0.698. The molecular weight excluding hydrogens is 206 g/mol. The SMILES string of the molecule is CCOC(=O)[C@H]1CCCN(CC(C)(C)O)C1. The molecule has 4 heteroatoms. The van der Waals surface area contributed by atoms with Gasteiger partial charge >= 0.3 is 5.97 Å². The molecule has 1 aliphatic heterocycles. The number of aliphatic hydroxyl groups is 1. The quantitative estimate of drug-likeness (QED) is 0.732. The molecule has 1 heterocycles. The molecular formula is C12H23NO3. The third kappa shape index (κ3) is 4.49. The van der Waals surface area contributed by atoms with Crippen LogP contribution in [0.15, 0.2) is 0 Å². The lowest BCUT2D eigenvalue weighted by Gasteiger charge is -2.35. The van der Waals surface area contributed by atoms with Crippen molar-refractivity contribution in [3.8, 4) is 0 Å². The van der Waals surface area contributed by atoms with Gasteiger partial charge in [0.1, 0.15) is 0 Å². The maximum Gasteiger partial charge on any atom is 0.310 e. The molecule has 0 aliphatic carbocycles. The van der Waals surface area contributed by atoms with Crippen LogP contribution in [0.4, 0.5) is 0 Å². The lowest BCUT2D eigenvalue weighted by molar-refractivity contribution is -0.150. The van der Waals surface area contributed by atoms with Gasteiger partial charge in [-0.1, -0.05) is 0 Å². The second kappa shape index (κ2) is 5.64. The molecule has 1 rings (SSSR count). The zero-order chi connectivity index (χ0) is 12.2. The lowest BCUT2D eigenvalue weighted by atomic mass is 9.97. The fourth-order valence-corrected chi connectivity index (χ4v) is 2.20. The summed E-state index contributed by atoms with van der Waals surface area (Å²) in [4.78, 5) is 13.7. The van der Waals surface area contributed by atoms with E-state index in [-0.39, 0.29) is 11.9 Å². The van der Waals surface area contributed by atoms with E-state index >= 15 is 0 Å². The molecule has 1 fully saturated rings. The summed E-state index contributed by atoms with van der Waals surface area (Å²) in [5, 5.41) is 9.74. The Balaban J connectivity index is 2.44. The van der Waals surface area contributed by atoms with Gasteiger partial charge in [0.2, 0.25) is 0 Å². The first-order valence-corrected chi connectivity index (χ1v) is 6.04. The Morgan fingerprint density at radius 1 is 1.56 bits per heavy atom. The number of esters is 1. The van der Waals surface area contributed by atoms with E-state index in [1.54, 1.807) is 13.8 Å². The first-order valence-electron chi connectivity index (χ1n) is 6.04. The Labute approximate surface area is 97.6 Å². The molecule has 0 amide bonds. The van der Waals surface area contributed by atoms with Crippen LogP contribution in [-0.2, 0) is 9.53 Å². The lowest BCUT2D eigenvalue weighted by Crippen LogP contribution is -2.45. The van der Waals surface area contributed by atoms with Crippen molar-refractivity contribution in [2.45, 2.75) is 39.2 Å². The van der Waals surface area contributed by atoms with E-state index in [1.165, 1.54) is 0 Å². The number of rotatable bonds is 4. The normalized spacial score (nSPS) is 23.1. The Kier molecular flexibility index (Phi) is 4.74. The van der Waals surface area contributed by atoms with Crippen LogP contribution in [0.25, 0.3) is 0 Å². The number of nitrogens with zero attached hydrogens (tertiary/aromatic N) is 1. The summed E-state index contributed by atoms with van der Waals surface area (Å²) >= 11 is 0. The molecule has 0 spiro atoms. The van der Waals surface area contributed by atoms with Crippen LogP contribution in [0.1, 0.15) is 33.6 Å². The molecule has 1 aliphatic rings. The number of carbonyl (C=O) groups excluding carboxylic acids is 1. The molecule has 0 bridgehead atoms. The maximum atomic E-state index is 11.6. The maximum absolute atomic E-state index is 11.6. The van der Waals surface area contributed by atoms with Gasteiger partial charge in [-0.05, 0) is 40.2 Å². The zero-order valence-electron chi connectivity index (χ0n) is 10.5. The fraction of sp³-hybridized carbons (Fsp3) is 0.917. The highest BCUT2D eigenvalue weighted by Gasteiger charge is 2.29. The predicted molar refractivity (Wildman–Crippen MR) is 62.1 cm³/mol. The van der Waals surface area contributed by atoms with E-state index in [0.717, 1.165) is 19.4 Å². The van der Waals surface area contributed by atoms with E-state index in [0.29, 0.717) is 19.7 Å². The second-order valence-corrected chi connectivity index (χ2v) is 5.14. The van der Waals surface area contributed by atoms with Gasteiger partial charge in [-0.15, -0.1) is 0 Å². The minimum atomic E-state index is -0.698. The van der Waals surface area contributed by atoms with Crippen molar-refractivity contribution >= 4 is 5.97 Å². The summed E-state index contributed by atoms with van der Waals surface area (Å²) < 4.78 is 5.03. The number of hydrogen-bond donors (Lipinski definition) is 1. The molecule has 0 radical (unpaired) electrons. The van der Waals surface area contributed by atoms with Crippen LogP contribution in [-0.4, -0.2) is 47.8 Å². The number of piperidine rings is 1. The summed E-state index contributed by atoms with van der Waals surface area (Å²) in [6.07, 6.45) is 1.90. The van der Waals surface area contributed by atoms with Gasteiger partial charge in [0, 0.05) is 13.1 Å². The number of likely N-dealkylation sites (tertiary alicyclic amines) is 1. The number of ether oxygens (including phenoxy) is 1. The van der Waals surface area contributed by atoms with Gasteiger partial charge in [-0.2, -0.15) is 0 Å². The molecule has 1 N–H and O–H groups in total. The molecule has 4 nitrogen and oxygen atoms in total. The Morgan fingerprint density at radius 2 is 2.25 bits per heavy atom. The molecule has 1 saturated heterocycles. The van der Waals surface area contributed by atoms with E-state index in [9.17, 15) is 9.90 Å². The molecule has 94 valence electrons. The third-order valence-corrected chi connectivity index (χ3v) is 2.74. The van der Waals surface area contributed by atoms with Gasteiger partial charge in [0.25, 0.3) is 0 Å². The van der Waals surface area contributed by atoms with Crippen molar-refractivity contribution in [1.82, 2.24) is 4.90 Å². The molecule has 0 unspecified atom stereocenters. The zero-order valence-corrected chi connectivity index (χ0v) is 10.5. The van der Waals surface area contributed by atoms with Crippen molar-refractivity contribution in [2.75, 3.05) is 26.2 Å². The monoisotopic (exact) mass is 229 g/mol. The summed E-state index contributed by atoms with van der Waals surface area (Å²) in [6, 6.07) is 0. The van der Waals surface area contributed by atoms with Crippen LogP contribution >= 0.6 is 0 Å². The molecule has 0 aromatic carbocycles. The van der Waals surface area contributed by atoms with Gasteiger partial charge < -0.3 is 9.84 Å². The molecule has 0 aromatic rings. The number of hydrogen-bond acceptors (Lipinski definition) is 4. The van der Waals surface area contributed by atoms with Crippen molar-refractivity contribution in [3.05, 3.63) is 0 Å². The topological polar surface area (TPSA) is 49.8 Å². The van der Waals surface area contributed by atoms with Crippen LogP contribution in [0.5, 0.6) is 0 Å². The first-order chi connectivity index (χ1) is 7.42. The minimum absolute atomic E-state index is 0.0175. The number of carbonyl (C=O) groups is 1. The average Bonchev–Trinajstić information content (AvgIpc) is 2.16. The largest absolute Gasteiger partial charge is 0.466 e. The van der Waals surface area contributed by atoms with E-state index in [2.05, 4.69) is 4.90 Å². The molecule has 0 saturated carbocycles. The van der Waals surface area contributed by atoms with Crippen molar-refractivity contribution in [2.24, 2.45) is 5.92 Å². The summed E-state index contributed by atoms with van der Waals surface area (Å²) in [5.74, 6) is -0.112. The highest BCUT2D eigenvalue weighted by molar-refractivity contribution is 5.72. The van der Waals surface area contributed by atoms with Crippen LogP contribution in [0.3, 0.4) is 0 Å². The highest BCUT2D eigenvalue weighted by atomic mass is 16.5. The van der Waals surface area contributed by atoms with E-state index in [4.69, 9.17) is 4.74 Å². The summed E-state index contributed by atoms with van der Waals surface area (Å²) in [7, 11) is 0. The number of β-amino-alcohol motifs (C(OH)–C–C–N with tert-alkyl or cyclic N) is 1. The van der Waals surface area contributed by atoms with Gasteiger partial charge in [-0.3, -0.25) is 9.69 Å². The van der Waals surface area contributed by atoms with Gasteiger partial charge in [0.15, 0.2) is 0 Å². The van der Waals surface area contributed by atoms with Gasteiger partial charge in [-0.25, -0.2) is 0 Å². The standard InChI is InChI=1S/C12H23NO3/c1-4-16-11(14)10-6-5-7-13(8-10)9-12(2,3)15/h10,15H,4-9H2,1-3H3/t10-/m0/s1. The third-order valence-electron chi connectivity index (χ3n) is 2.74. The predicted octanol–water partition coefficient (Wildman–Crippen LogP) is 1.03. The molecule has 0 aromatic heterocycles. The van der Waals surface area contributed by atoms with Crippen molar-refractivity contribution < 1.29 is 14.6 Å². The molecule has 1 atom stereocenters. The Bertz CT molecular complexity index is 235. The van der Waals surface area contributed by atoms with Crippen LogP contribution in [0.2, 0.25) is 0 Å². The van der Waals surface area contributed by atoms with E-state index in [1.807, 2.05) is 6.92 Å². The minimum Gasteiger partial charge on any atom is -0.466 e. The van der Waals surface area contributed by atoms with E-state index < -0.39 is 5.60 Å². The first kappa shape index (κ1) is 13.5. The van der Waals surface area contributed by atoms with Gasteiger partial charge in [0.05, 0.1) is 18.1 Å². The van der Waals surface area contributed by atoms with Crippen molar-refractivity contribution in [1.29, 1.82) is 0 Å². The Morgan fingerprint density at radius 3 is 2.81 bits per heavy atom. The molecule has 16 heavy (non-hydrogen) atoms. The second-order valence-electron chi connectivity index (χ2n) is 5.14. The van der Waals surface area contributed by atoms with Crippen molar-refractivity contribution in [3.63, 3.8) is 0 Å². The fourth-order valence-electron chi connectivity index (χ4n) is 2.20.